The van der Waals surface area contributed by atoms with Crippen molar-refractivity contribution in [3.8, 4) is 11.5 Å². The highest BCUT2D eigenvalue weighted by Gasteiger charge is 2.03. The number of anilines is 1. The maximum Gasteiger partial charge on any atom is 0.142 e. The standard InChI is InChI=1S/C14H17NO2S/c1-3-11-5-6-12(18-11)9-17-10-4-7-14(16-2)13(15)8-10/h4-8H,3,9,15H2,1-2H3. The Bertz CT molecular complexity index is 522. The number of hydrogen-bond acceptors (Lipinski definition) is 4. The lowest BCUT2D eigenvalue weighted by atomic mass is 10.3. The van der Waals surface area contributed by atoms with Crippen molar-refractivity contribution in [2.75, 3.05) is 12.8 Å². The summed E-state index contributed by atoms with van der Waals surface area (Å²) in [6, 6.07) is 9.72. The zero-order valence-electron chi connectivity index (χ0n) is 10.6. The largest absolute Gasteiger partial charge is 0.495 e. The topological polar surface area (TPSA) is 44.5 Å². The Kier molecular flexibility index (Phi) is 4.10. The minimum Gasteiger partial charge on any atom is -0.495 e. The maximum atomic E-state index is 5.82. The fraction of sp³-hybridized carbons (Fsp3) is 0.286. The van der Waals surface area contributed by atoms with Crippen molar-refractivity contribution >= 4 is 17.0 Å². The highest BCUT2D eigenvalue weighted by atomic mass is 32.1. The van der Waals surface area contributed by atoms with Crippen molar-refractivity contribution < 1.29 is 9.47 Å². The normalized spacial score (nSPS) is 10.3. The van der Waals surface area contributed by atoms with Gasteiger partial charge in [0.2, 0.25) is 0 Å². The first-order valence-corrected chi connectivity index (χ1v) is 6.68. The molecule has 2 N–H and O–H groups in total. The molecular formula is C14H17NO2S. The Balaban J connectivity index is 1.99. The van der Waals surface area contributed by atoms with Crippen LogP contribution >= 0.6 is 11.3 Å². The number of thiophene rings is 1. The van der Waals surface area contributed by atoms with Crippen LogP contribution in [0.1, 0.15) is 16.7 Å². The number of nitrogens with two attached hydrogens (primary N) is 1. The van der Waals surface area contributed by atoms with Crippen LogP contribution in [-0.2, 0) is 13.0 Å². The number of ether oxygens (including phenoxy) is 2. The van der Waals surface area contributed by atoms with Crippen LogP contribution in [0.4, 0.5) is 5.69 Å². The van der Waals surface area contributed by atoms with Crippen LogP contribution < -0.4 is 15.2 Å². The molecule has 4 heteroatoms. The lowest BCUT2D eigenvalue weighted by molar-refractivity contribution is 0.309. The highest BCUT2D eigenvalue weighted by molar-refractivity contribution is 7.11. The van der Waals surface area contributed by atoms with Crippen molar-refractivity contribution in [3.05, 3.63) is 40.1 Å². The van der Waals surface area contributed by atoms with Crippen LogP contribution in [0.3, 0.4) is 0 Å². The van der Waals surface area contributed by atoms with Gasteiger partial charge in [-0.2, -0.15) is 0 Å². The smallest absolute Gasteiger partial charge is 0.142 e. The Morgan fingerprint density at radius 1 is 1.17 bits per heavy atom. The van der Waals surface area contributed by atoms with Crippen LogP contribution in [0.5, 0.6) is 11.5 Å². The molecule has 1 aromatic heterocycles. The molecule has 96 valence electrons. The summed E-state index contributed by atoms with van der Waals surface area (Å²) >= 11 is 1.78. The summed E-state index contributed by atoms with van der Waals surface area (Å²) in [5.74, 6) is 1.44. The van der Waals surface area contributed by atoms with Crippen LogP contribution in [-0.4, -0.2) is 7.11 Å². The zero-order chi connectivity index (χ0) is 13.0. The molecule has 0 saturated heterocycles. The van der Waals surface area contributed by atoms with Gasteiger partial charge in [-0.05, 0) is 30.7 Å². The van der Waals surface area contributed by atoms with Gasteiger partial charge in [-0.3, -0.25) is 0 Å². The summed E-state index contributed by atoms with van der Waals surface area (Å²) < 4.78 is 10.8. The number of hydrogen-bond donors (Lipinski definition) is 1. The molecule has 0 aliphatic rings. The summed E-state index contributed by atoms with van der Waals surface area (Å²) in [6.07, 6.45) is 1.07. The van der Waals surface area contributed by atoms with Crippen LogP contribution in [0, 0.1) is 0 Å². The first-order valence-electron chi connectivity index (χ1n) is 5.87. The number of aryl methyl sites for hydroxylation is 1. The average molecular weight is 263 g/mol. The molecule has 0 unspecified atom stereocenters. The van der Waals surface area contributed by atoms with E-state index in [1.807, 2.05) is 12.1 Å². The summed E-state index contributed by atoms with van der Waals surface area (Å²) in [6.45, 7) is 2.73. The first kappa shape index (κ1) is 12.8. The van der Waals surface area contributed by atoms with Crippen LogP contribution in [0.25, 0.3) is 0 Å². The summed E-state index contributed by atoms with van der Waals surface area (Å²) in [5.41, 5.74) is 6.42. The van der Waals surface area contributed by atoms with Gasteiger partial charge in [0, 0.05) is 15.8 Å². The minimum absolute atomic E-state index is 0.580. The second kappa shape index (κ2) is 5.78. The van der Waals surface area contributed by atoms with Crippen molar-refractivity contribution in [3.63, 3.8) is 0 Å². The molecule has 2 aromatic rings. The molecule has 0 fully saturated rings. The molecule has 0 amide bonds. The van der Waals surface area contributed by atoms with Gasteiger partial charge in [-0.25, -0.2) is 0 Å². The van der Waals surface area contributed by atoms with Gasteiger partial charge in [-0.1, -0.05) is 6.92 Å². The van der Waals surface area contributed by atoms with Crippen molar-refractivity contribution in [1.82, 2.24) is 0 Å². The molecular weight excluding hydrogens is 246 g/mol. The van der Waals surface area contributed by atoms with Crippen LogP contribution in [0.15, 0.2) is 30.3 Å². The Hall–Kier alpha value is -1.68. The van der Waals surface area contributed by atoms with Gasteiger partial charge in [-0.15, -0.1) is 11.3 Å². The fourth-order valence-corrected chi connectivity index (χ4v) is 2.52. The van der Waals surface area contributed by atoms with Crippen LogP contribution in [0.2, 0.25) is 0 Å². The molecule has 1 aromatic carbocycles. The molecule has 18 heavy (non-hydrogen) atoms. The second-order valence-electron chi connectivity index (χ2n) is 3.91. The number of rotatable bonds is 5. The molecule has 1 heterocycles. The van der Waals surface area contributed by atoms with E-state index in [2.05, 4.69) is 19.1 Å². The second-order valence-corrected chi connectivity index (χ2v) is 5.17. The molecule has 0 aliphatic carbocycles. The maximum absolute atomic E-state index is 5.82. The zero-order valence-corrected chi connectivity index (χ0v) is 11.4. The van der Waals surface area contributed by atoms with E-state index in [1.54, 1.807) is 24.5 Å². The average Bonchev–Trinajstić information content (AvgIpc) is 2.84. The third-order valence-electron chi connectivity index (χ3n) is 2.65. The number of nitrogen functional groups attached to an aromatic ring is 1. The molecule has 2 rings (SSSR count). The molecule has 0 saturated carbocycles. The van der Waals surface area contributed by atoms with E-state index in [0.717, 1.165) is 12.2 Å². The Morgan fingerprint density at radius 3 is 2.56 bits per heavy atom. The van der Waals surface area contributed by atoms with E-state index in [1.165, 1.54) is 9.75 Å². The quantitative estimate of drug-likeness (QED) is 0.840. The van der Waals surface area contributed by atoms with E-state index in [4.69, 9.17) is 15.2 Å². The highest BCUT2D eigenvalue weighted by Crippen LogP contribution is 2.27. The Morgan fingerprint density at radius 2 is 1.94 bits per heavy atom. The van der Waals surface area contributed by atoms with Crippen molar-refractivity contribution in [1.29, 1.82) is 0 Å². The third kappa shape index (κ3) is 2.96. The van der Waals surface area contributed by atoms with Gasteiger partial charge >= 0.3 is 0 Å². The van der Waals surface area contributed by atoms with Gasteiger partial charge in [0.05, 0.1) is 12.8 Å². The SMILES string of the molecule is CCc1ccc(COc2ccc(OC)c(N)c2)s1. The third-order valence-corrected chi connectivity index (χ3v) is 3.85. The van der Waals surface area contributed by atoms with E-state index < -0.39 is 0 Å². The van der Waals surface area contributed by atoms with E-state index >= 15 is 0 Å². The summed E-state index contributed by atoms with van der Waals surface area (Å²) in [5, 5.41) is 0. The van der Waals surface area contributed by atoms with Gasteiger partial charge < -0.3 is 15.2 Å². The lowest BCUT2D eigenvalue weighted by Crippen LogP contribution is -1.96. The van der Waals surface area contributed by atoms with Gasteiger partial charge in [0.1, 0.15) is 18.1 Å². The molecule has 0 radical (unpaired) electrons. The molecule has 0 aliphatic heterocycles. The van der Waals surface area contributed by atoms with Gasteiger partial charge in [0.15, 0.2) is 0 Å². The molecule has 0 spiro atoms. The van der Waals surface area contributed by atoms with E-state index in [-0.39, 0.29) is 0 Å². The Labute approximate surface area is 111 Å². The first-order chi connectivity index (χ1) is 8.72. The monoisotopic (exact) mass is 263 g/mol. The van der Waals surface area contributed by atoms with Crippen molar-refractivity contribution in [2.45, 2.75) is 20.0 Å². The van der Waals surface area contributed by atoms with E-state index in [9.17, 15) is 0 Å². The molecule has 3 nitrogen and oxygen atoms in total. The number of benzene rings is 1. The number of methoxy groups -OCH3 is 1. The minimum atomic E-state index is 0.580. The fourth-order valence-electron chi connectivity index (χ4n) is 1.65. The van der Waals surface area contributed by atoms with Crippen molar-refractivity contribution in [2.24, 2.45) is 0 Å². The van der Waals surface area contributed by atoms with Gasteiger partial charge in [0.25, 0.3) is 0 Å². The van der Waals surface area contributed by atoms with E-state index in [0.29, 0.717) is 18.0 Å². The predicted molar refractivity (Wildman–Crippen MR) is 75.4 cm³/mol. The lowest BCUT2D eigenvalue weighted by Gasteiger charge is -2.08. The summed E-state index contributed by atoms with van der Waals surface area (Å²) in [7, 11) is 1.60. The summed E-state index contributed by atoms with van der Waals surface area (Å²) in [4.78, 5) is 2.60. The molecule has 0 atom stereocenters. The predicted octanol–water partition coefficient (Wildman–Crippen LogP) is 3.48. The molecule has 0 bridgehead atoms.